The topological polar surface area (TPSA) is 71.2 Å². The zero-order valence-corrected chi connectivity index (χ0v) is 13.7. The first-order chi connectivity index (χ1) is 11.1. The highest BCUT2D eigenvalue weighted by Gasteiger charge is 2.08. The molecular weight excluding hydrogens is 288 g/mol. The van der Waals surface area contributed by atoms with E-state index < -0.39 is 0 Å². The maximum absolute atomic E-state index is 12.1. The summed E-state index contributed by atoms with van der Waals surface area (Å²) in [5.41, 5.74) is 9.73. The minimum Gasteiger partial charge on any atom is -0.398 e. The molecule has 0 aliphatic heterocycles. The second-order valence-electron chi connectivity index (χ2n) is 5.66. The third kappa shape index (κ3) is 5.38. The summed E-state index contributed by atoms with van der Waals surface area (Å²) < 4.78 is 0. The molecule has 2 aromatic rings. The molecule has 5 heteroatoms. The minimum absolute atomic E-state index is 0.0362. The van der Waals surface area contributed by atoms with Gasteiger partial charge >= 0.3 is 0 Å². The van der Waals surface area contributed by atoms with Crippen molar-refractivity contribution in [3.63, 3.8) is 0 Å². The molecule has 2 rings (SSSR count). The second-order valence-corrected chi connectivity index (χ2v) is 5.66. The van der Waals surface area contributed by atoms with Gasteiger partial charge in [0.05, 0.1) is 6.54 Å². The van der Waals surface area contributed by atoms with Gasteiger partial charge in [-0.05, 0) is 55.3 Å². The maximum Gasteiger partial charge on any atom is 0.238 e. The van der Waals surface area contributed by atoms with Crippen LogP contribution in [0.3, 0.4) is 0 Å². The van der Waals surface area contributed by atoms with Gasteiger partial charge in [0.1, 0.15) is 0 Å². The molecule has 23 heavy (non-hydrogen) atoms. The quantitative estimate of drug-likeness (QED) is 0.770. The summed E-state index contributed by atoms with van der Waals surface area (Å²) in [5.74, 6) is -0.0362. The molecular formula is C18H24N4O. The summed E-state index contributed by atoms with van der Waals surface area (Å²) >= 11 is 0. The van der Waals surface area contributed by atoms with Crippen LogP contribution in [-0.2, 0) is 17.6 Å². The molecule has 1 aromatic heterocycles. The zero-order chi connectivity index (χ0) is 16.7. The van der Waals surface area contributed by atoms with Crippen LogP contribution in [0.15, 0.2) is 42.7 Å². The Bertz CT molecular complexity index is 643. The predicted octanol–water partition coefficient (Wildman–Crippen LogP) is 2.34. The Kier molecular flexibility index (Phi) is 6.11. The molecule has 0 unspecified atom stereocenters. The molecule has 1 aromatic carbocycles. The Labute approximate surface area is 137 Å². The number of carbonyl (C=O) groups is 1. The highest BCUT2D eigenvalue weighted by atomic mass is 16.2. The van der Waals surface area contributed by atoms with E-state index in [0.717, 1.165) is 36.3 Å². The summed E-state index contributed by atoms with van der Waals surface area (Å²) in [7, 11) is 1.94. The van der Waals surface area contributed by atoms with Gasteiger partial charge in [0.25, 0.3) is 0 Å². The molecule has 5 nitrogen and oxygen atoms in total. The number of nitrogens with two attached hydrogens (primary N) is 1. The Hall–Kier alpha value is -2.40. The van der Waals surface area contributed by atoms with E-state index in [-0.39, 0.29) is 5.91 Å². The molecule has 0 saturated carbocycles. The first-order valence-electron chi connectivity index (χ1n) is 7.84. The van der Waals surface area contributed by atoms with Crippen molar-refractivity contribution in [3.05, 3.63) is 53.9 Å². The highest BCUT2D eigenvalue weighted by molar-refractivity contribution is 5.92. The molecule has 0 radical (unpaired) electrons. The number of carbonyl (C=O) groups excluding carboxylic acids is 1. The Morgan fingerprint density at radius 1 is 1.26 bits per heavy atom. The monoisotopic (exact) mass is 312 g/mol. The number of likely N-dealkylation sites (N-methyl/N-ethyl adjacent to an activating group) is 1. The van der Waals surface area contributed by atoms with Gasteiger partial charge in [0.2, 0.25) is 5.91 Å². The van der Waals surface area contributed by atoms with Crippen molar-refractivity contribution < 1.29 is 4.79 Å². The number of anilines is 2. The number of hydrogen-bond donors (Lipinski definition) is 2. The third-order valence-corrected chi connectivity index (χ3v) is 3.76. The Morgan fingerprint density at radius 3 is 2.65 bits per heavy atom. The van der Waals surface area contributed by atoms with Crippen LogP contribution in [-0.4, -0.2) is 35.9 Å². The molecule has 3 N–H and O–H groups in total. The Balaban J connectivity index is 1.80. The van der Waals surface area contributed by atoms with Crippen LogP contribution >= 0.6 is 0 Å². The average Bonchev–Trinajstić information content (AvgIpc) is 2.54. The normalized spacial score (nSPS) is 10.7. The summed E-state index contributed by atoms with van der Waals surface area (Å²) in [5, 5.41) is 2.89. The molecule has 0 bridgehead atoms. The number of pyridine rings is 1. The van der Waals surface area contributed by atoms with E-state index in [1.807, 2.05) is 42.3 Å². The zero-order valence-electron chi connectivity index (χ0n) is 13.7. The van der Waals surface area contributed by atoms with E-state index in [1.165, 1.54) is 5.56 Å². The lowest BCUT2D eigenvalue weighted by molar-refractivity contribution is -0.117. The van der Waals surface area contributed by atoms with Gasteiger partial charge in [0.15, 0.2) is 0 Å². The number of aryl methyl sites for hydroxylation is 1. The van der Waals surface area contributed by atoms with Crippen molar-refractivity contribution in [3.8, 4) is 0 Å². The van der Waals surface area contributed by atoms with Gasteiger partial charge in [-0.25, -0.2) is 0 Å². The number of nitrogen functional groups attached to an aromatic ring is 1. The summed E-state index contributed by atoms with van der Waals surface area (Å²) in [6.07, 6.45) is 5.35. The van der Waals surface area contributed by atoms with Crippen LogP contribution in [0.25, 0.3) is 0 Å². The third-order valence-electron chi connectivity index (χ3n) is 3.76. The van der Waals surface area contributed by atoms with Crippen LogP contribution in [0.2, 0.25) is 0 Å². The number of nitrogens with one attached hydrogen (secondary N) is 1. The van der Waals surface area contributed by atoms with Crippen LogP contribution in [0.5, 0.6) is 0 Å². The molecule has 0 aliphatic carbocycles. The van der Waals surface area contributed by atoms with Crippen LogP contribution in [0, 0.1) is 0 Å². The van der Waals surface area contributed by atoms with Crippen molar-refractivity contribution >= 4 is 17.3 Å². The van der Waals surface area contributed by atoms with Gasteiger partial charge in [-0.1, -0.05) is 13.0 Å². The van der Waals surface area contributed by atoms with Crippen LogP contribution in [0.1, 0.15) is 18.1 Å². The van der Waals surface area contributed by atoms with Gasteiger partial charge < -0.3 is 11.1 Å². The van der Waals surface area contributed by atoms with Crippen molar-refractivity contribution in [1.82, 2.24) is 9.88 Å². The second kappa shape index (κ2) is 8.29. The number of benzene rings is 1. The van der Waals surface area contributed by atoms with E-state index >= 15 is 0 Å². The molecule has 0 saturated heterocycles. The van der Waals surface area contributed by atoms with E-state index in [0.29, 0.717) is 6.54 Å². The van der Waals surface area contributed by atoms with Gasteiger partial charge in [-0.15, -0.1) is 0 Å². The van der Waals surface area contributed by atoms with Crippen molar-refractivity contribution in [2.45, 2.75) is 19.8 Å². The van der Waals surface area contributed by atoms with E-state index in [4.69, 9.17) is 5.73 Å². The number of hydrogen-bond acceptors (Lipinski definition) is 4. The van der Waals surface area contributed by atoms with Crippen LogP contribution in [0.4, 0.5) is 11.4 Å². The number of rotatable bonds is 7. The fourth-order valence-electron chi connectivity index (χ4n) is 2.39. The number of aromatic nitrogens is 1. The van der Waals surface area contributed by atoms with E-state index in [9.17, 15) is 4.79 Å². The van der Waals surface area contributed by atoms with Crippen molar-refractivity contribution in [2.75, 3.05) is 31.2 Å². The lowest BCUT2D eigenvalue weighted by Crippen LogP contribution is -2.31. The first-order valence-corrected chi connectivity index (χ1v) is 7.84. The summed E-state index contributed by atoms with van der Waals surface area (Å²) in [6, 6.07) is 9.65. The molecule has 122 valence electrons. The smallest absolute Gasteiger partial charge is 0.238 e. The molecule has 1 amide bonds. The SMILES string of the molecule is CCc1ccc(NC(=O)CN(C)CCc2ccncc2)cc1N. The molecule has 0 spiro atoms. The van der Waals surface area contributed by atoms with Gasteiger partial charge in [0, 0.05) is 30.3 Å². The van der Waals surface area contributed by atoms with Crippen molar-refractivity contribution in [1.29, 1.82) is 0 Å². The largest absolute Gasteiger partial charge is 0.398 e. The van der Waals surface area contributed by atoms with Gasteiger partial charge in [-0.2, -0.15) is 0 Å². The molecule has 0 atom stereocenters. The molecule has 0 aliphatic rings. The van der Waals surface area contributed by atoms with E-state index in [2.05, 4.69) is 17.2 Å². The van der Waals surface area contributed by atoms with Crippen molar-refractivity contribution in [2.24, 2.45) is 0 Å². The lowest BCUT2D eigenvalue weighted by Gasteiger charge is -2.16. The average molecular weight is 312 g/mol. The van der Waals surface area contributed by atoms with Crippen LogP contribution < -0.4 is 11.1 Å². The predicted molar refractivity (Wildman–Crippen MR) is 94.3 cm³/mol. The highest BCUT2D eigenvalue weighted by Crippen LogP contribution is 2.18. The first kappa shape index (κ1) is 17.0. The summed E-state index contributed by atoms with van der Waals surface area (Å²) in [4.78, 5) is 18.1. The maximum atomic E-state index is 12.1. The fourth-order valence-corrected chi connectivity index (χ4v) is 2.39. The number of amides is 1. The van der Waals surface area contributed by atoms with E-state index in [1.54, 1.807) is 12.4 Å². The molecule has 1 heterocycles. The van der Waals surface area contributed by atoms with Gasteiger partial charge in [-0.3, -0.25) is 14.7 Å². The molecule has 0 fully saturated rings. The lowest BCUT2D eigenvalue weighted by atomic mass is 10.1. The fraction of sp³-hybridized carbons (Fsp3) is 0.333. The summed E-state index contributed by atoms with van der Waals surface area (Å²) in [6.45, 7) is 3.22. The Morgan fingerprint density at radius 2 is 2.00 bits per heavy atom. The minimum atomic E-state index is -0.0362. The standard InChI is InChI=1S/C18H24N4O/c1-3-15-4-5-16(12-17(15)19)21-18(23)13-22(2)11-8-14-6-9-20-10-7-14/h4-7,9-10,12H,3,8,11,13,19H2,1-2H3,(H,21,23). The number of nitrogens with zero attached hydrogens (tertiary/aromatic N) is 2.